The van der Waals surface area contributed by atoms with Gasteiger partial charge in [-0.15, -0.1) is 0 Å². The van der Waals surface area contributed by atoms with Crippen molar-refractivity contribution in [2.24, 2.45) is 4.99 Å². The lowest BCUT2D eigenvalue weighted by Gasteiger charge is -2.28. The first-order valence-electron chi connectivity index (χ1n) is 10.8. The van der Waals surface area contributed by atoms with Gasteiger partial charge in [0.05, 0.1) is 38.2 Å². The Kier molecular flexibility index (Phi) is 6.72. The van der Waals surface area contributed by atoms with Gasteiger partial charge >= 0.3 is 0 Å². The molecule has 0 N–H and O–H groups in total. The van der Waals surface area contributed by atoms with Gasteiger partial charge in [0.15, 0.2) is 26.5 Å². The number of benzene rings is 2. The number of hydrogen-bond donors (Lipinski definition) is 0. The molecule has 0 saturated carbocycles. The van der Waals surface area contributed by atoms with Gasteiger partial charge in [-0.25, -0.2) is 8.42 Å². The van der Waals surface area contributed by atoms with E-state index in [1.165, 1.54) is 11.8 Å². The third kappa shape index (κ3) is 4.89. The molecule has 7 nitrogen and oxygen atoms in total. The van der Waals surface area contributed by atoms with Crippen molar-refractivity contribution < 1.29 is 22.7 Å². The second-order valence-corrected chi connectivity index (χ2v) is 11.9. The summed E-state index contributed by atoms with van der Waals surface area (Å²) in [6.07, 6.45) is 0.109. The van der Waals surface area contributed by atoms with E-state index >= 15 is 0 Å². The molecule has 0 radical (unpaired) electrons. The summed E-state index contributed by atoms with van der Waals surface area (Å²) in [5.74, 6) is 1.27. The molecule has 9 heteroatoms. The number of anilines is 1. The van der Waals surface area contributed by atoms with E-state index in [1.54, 1.807) is 26.4 Å². The quantitative estimate of drug-likeness (QED) is 0.613. The molecule has 0 aliphatic carbocycles. The molecule has 1 amide bonds. The summed E-state index contributed by atoms with van der Waals surface area (Å²) in [4.78, 5) is 19.4. The first-order chi connectivity index (χ1) is 15.7. The normalized spacial score (nSPS) is 22.6. The van der Waals surface area contributed by atoms with Crippen LogP contribution in [0.3, 0.4) is 0 Å². The minimum Gasteiger partial charge on any atom is -0.493 e. The third-order valence-corrected chi connectivity index (χ3v) is 9.12. The van der Waals surface area contributed by atoms with E-state index in [1.807, 2.05) is 35.2 Å². The maximum Gasteiger partial charge on any atom is 0.252 e. The molecule has 0 aromatic heterocycles. The van der Waals surface area contributed by atoms with E-state index in [0.717, 1.165) is 16.8 Å². The molecule has 176 valence electrons. The Bertz CT molecular complexity index is 1190. The lowest BCUT2D eigenvalue weighted by molar-refractivity contribution is -0.117. The second-order valence-electron chi connectivity index (χ2n) is 8.54. The van der Waals surface area contributed by atoms with Crippen molar-refractivity contribution in [3.05, 3.63) is 53.6 Å². The predicted octanol–water partition coefficient (Wildman–Crippen LogP) is 3.67. The molecular formula is C24H28N2O5S2. The van der Waals surface area contributed by atoms with E-state index in [4.69, 9.17) is 9.47 Å². The lowest BCUT2D eigenvalue weighted by atomic mass is 9.99. The molecule has 2 aromatic rings. The van der Waals surface area contributed by atoms with Crippen molar-refractivity contribution in [1.82, 2.24) is 0 Å². The molecule has 2 aliphatic rings. The fourth-order valence-electron chi connectivity index (χ4n) is 4.35. The summed E-state index contributed by atoms with van der Waals surface area (Å²) in [6, 6.07) is 13.1. The molecule has 2 fully saturated rings. The Morgan fingerprint density at radius 1 is 1.12 bits per heavy atom. The smallest absolute Gasteiger partial charge is 0.252 e. The van der Waals surface area contributed by atoms with Gasteiger partial charge in [0, 0.05) is 10.9 Å². The van der Waals surface area contributed by atoms with Gasteiger partial charge < -0.3 is 14.4 Å². The highest BCUT2D eigenvalue weighted by Gasteiger charge is 2.49. The summed E-state index contributed by atoms with van der Waals surface area (Å²) in [6.45, 7) is 4.20. The highest BCUT2D eigenvalue weighted by atomic mass is 32.2. The molecule has 0 spiro atoms. The summed E-state index contributed by atoms with van der Waals surface area (Å²) < 4.78 is 35.3. The summed E-state index contributed by atoms with van der Waals surface area (Å²) >= 11 is 1.39. The average molecular weight is 489 g/mol. The van der Waals surface area contributed by atoms with Gasteiger partial charge in [-0.3, -0.25) is 4.79 Å². The Morgan fingerprint density at radius 3 is 2.55 bits per heavy atom. The van der Waals surface area contributed by atoms with Crippen molar-refractivity contribution in [2.45, 2.75) is 37.5 Å². The van der Waals surface area contributed by atoms with Crippen LogP contribution in [0.5, 0.6) is 11.5 Å². The first-order valence-corrected chi connectivity index (χ1v) is 13.5. The van der Waals surface area contributed by atoms with Crippen LogP contribution in [-0.2, 0) is 21.1 Å². The monoisotopic (exact) mass is 488 g/mol. The molecular weight excluding hydrogens is 460 g/mol. The molecule has 2 aromatic carbocycles. The van der Waals surface area contributed by atoms with Gasteiger partial charge in [0.25, 0.3) is 5.91 Å². The highest BCUT2D eigenvalue weighted by molar-refractivity contribution is 8.16. The second kappa shape index (κ2) is 9.38. The standard InChI is InChI=1S/C24H28N2O5S2/c1-15(2)17-7-5-6-8-18(17)26-19-13-33(28,29)14-22(19)32-24(26)25-23(27)12-16-9-10-20(30-3)21(11-16)31-4/h5-11,15,19,22H,12-14H2,1-4H3/t19-,22-/m0/s1. The molecule has 0 unspecified atom stereocenters. The van der Waals surface area contributed by atoms with E-state index in [0.29, 0.717) is 16.7 Å². The maximum atomic E-state index is 12.9. The molecule has 2 aliphatic heterocycles. The van der Waals surface area contributed by atoms with Crippen LogP contribution in [0, 0.1) is 0 Å². The summed E-state index contributed by atoms with van der Waals surface area (Å²) in [5, 5.41) is 0.432. The number of carbonyl (C=O) groups is 1. The number of amidine groups is 1. The van der Waals surface area contributed by atoms with Crippen molar-refractivity contribution >= 4 is 38.4 Å². The van der Waals surface area contributed by atoms with Gasteiger partial charge in [0.2, 0.25) is 0 Å². The molecule has 33 heavy (non-hydrogen) atoms. The zero-order valence-electron chi connectivity index (χ0n) is 19.1. The number of nitrogens with zero attached hydrogens (tertiary/aromatic N) is 2. The molecule has 4 rings (SSSR count). The maximum absolute atomic E-state index is 12.9. The van der Waals surface area contributed by atoms with Gasteiger partial charge in [-0.2, -0.15) is 4.99 Å². The number of fused-ring (bicyclic) bond motifs is 1. The fourth-order valence-corrected chi connectivity index (χ4v) is 8.28. The average Bonchev–Trinajstić information content (AvgIpc) is 3.23. The topological polar surface area (TPSA) is 85.3 Å². The number of sulfone groups is 1. The zero-order valence-corrected chi connectivity index (χ0v) is 20.8. The Hall–Kier alpha value is -2.52. The summed E-state index contributed by atoms with van der Waals surface area (Å²) in [7, 11) is -0.00906. The number of aliphatic imine (C=N–C) groups is 1. The van der Waals surface area contributed by atoms with Crippen LogP contribution in [0.4, 0.5) is 5.69 Å². The minimum absolute atomic E-state index is 0.0694. The zero-order chi connectivity index (χ0) is 23.8. The van der Waals surface area contributed by atoms with E-state index in [2.05, 4.69) is 18.8 Å². The first kappa shape index (κ1) is 23.6. The number of amides is 1. The lowest BCUT2D eigenvalue weighted by Crippen LogP contribution is -2.38. The van der Waals surface area contributed by atoms with Crippen LogP contribution in [0.25, 0.3) is 0 Å². The Labute approximate surface area is 199 Å². The van der Waals surface area contributed by atoms with Crippen molar-refractivity contribution in [3.8, 4) is 11.5 Å². The number of carbonyl (C=O) groups excluding carboxylic acids is 1. The van der Waals surface area contributed by atoms with Crippen LogP contribution in [0.15, 0.2) is 47.5 Å². The fraction of sp³-hybridized carbons (Fsp3) is 0.417. The number of methoxy groups -OCH3 is 2. The molecule has 0 bridgehead atoms. The van der Waals surface area contributed by atoms with Crippen molar-refractivity contribution in [1.29, 1.82) is 0 Å². The van der Waals surface area contributed by atoms with E-state index < -0.39 is 9.84 Å². The molecule has 2 atom stereocenters. The number of para-hydroxylation sites is 1. The van der Waals surface area contributed by atoms with Gasteiger partial charge in [-0.05, 0) is 35.2 Å². The van der Waals surface area contributed by atoms with E-state index in [9.17, 15) is 13.2 Å². The van der Waals surface area contributed by atoms with Crippen LogP contribution in [-0.4, -0.2) is 56.5 Å². The Balaban J connectivity index is 1.66. The van der Waals surface area contributed by atoms with Crippen molar-refractivity contribution in [3.63, 3.8) is 0 Å². The number of ether oxygens (including phenoxy) is 2. The number of rotatable bonds is 6. The predicted molar refractivity (Wildman–Crippen MR) is 133 cm³/mol. The molecule has 2 heterocycles. The number of thioether (sulfide) groups is 1. The largest absolute Gasteiger partial charge is 0.493 e. The third-order valence-electron chi connectivity index (χ3n) is 5.91. The van der Waals surface area contributed by atoms with Crippen LogP contribution in [0.1, 0.15) is 30.9 Å². The number of hydrogen-bond acceptors (Lipinski definition) is 6. The van der Waals surface area contributed by atoms with Crippen LogP contribution >= 0.6 is 11.8 Å². The van der Waals surface area contributed by atoms with Crippen LogP contribution in [0.2, 0.25) is 0 Å². The SMILES string of the molecule is COc1ccc(CC(=O)N=C2S[C@H]3CS(=O)(=O)C[C@@H]3N2c2ccccc2C(C)C)cc1OC. The van der Waals surface area contributed by atoms with Crippen molar-refractivity contribution in [2.75, 3.05) is 30.6 Å². The Morgan fingerprint density at radius 2 is 1.85 bits per heavy atom. The minimum atomic E-state index is -3.12. The summed E-state index contributed by atoms with van der Waals surface area (Å²) in [5.41, 5.74) is 2.78. The van der Waals surface area contributed by atoms with Gasteiger partial charge in [0.1, 0.15) is 0 Å². The van der Waals surface area contributed by atoms with E-state index in [-0.39, 0.29) is 41.0 Å². The highest BCUT2D eigenvalue weighted by Crippen LogP contribution is 2.43. The van der Waals surface area contributed by atoms with Crippen LogP contribution < -0.4 is 14.4 Å². The molecule has 2 saturated heterocycles. The van der Waals surface area contributed by atoms with Gasteiger partial charge in [-0.1, -0.05) is 49.9 Å².